The van der Waals surface area contributed by atoms with Gasteiger partial charge >= 0.3 is 0 Å². The van der Waals surface area contributed by atoms with Gasteiger partial charge in [0.2, 0.25) is 17.7 Å². The van der Waals surface area contributed by atoms with Crippen LogP contribution in [0.3, 0.4) is 0 Å². The predicted octanol–water partition coefficient (Wildman–Crippen LogP) is -0.330. The average molecular weight is 360 g/mol. The Kier molecular flexibility index (Phi) is 6.60. The number of likely N-dealkylation sites (tertiary alicyclic amines) is 1. The minimum atomic E-state index is -0.430. The van der Waals surface area contributed by atoms with Crippen molar-refractivity contribution in [2.24, 2.45) is 17.8 Å². The van der Waals surface area contributed by atoms with Crippen LogP contribution in [0.25, 0.3) is 0 Å². The zero-order valence-corrected chi connectivity index (χ0v) is 14.5. The van der Waals surface area contributed by atoms with E-state index in [9.17, 15) is 19.5 Å². The Balaban J connectivity index is 0.00000208. The van der Waals surface area contributed by atoms with Gasteiger partial charge in [-0.25, -0.2) is 0 Å². The number of halogens is 1. The summed E-state index contributed by atoms with van der Waals surface area (Å²) in [4.78, 5) is 37.8. The summed E-state index contributed by atoms with van der Waals surface area (Å²) in [6.45, 7) is 1.83. The van der Waals surface area contributed by atoms with Gasteiger partial charge < -0.3 is 15.7 Å². The first-order valence-corrected chi connectivity index (χ1v) is 8.58. The number of hydrogen-bond acceptors (Lipinski definition) is 5. The van der Waals surface area contributed by atoms with Crippen LogP contribution in [0.4, 0.5) is 0 Å². The first-order valence-electron chi connectivity index (χ1n) is 8.58. The number of amides is 3. The second-order valence-electron chi connectivity index (χ2n) is 6.87. The summed E-state index contributed by atoms with van der Waals surface area (Å²) in [7, 11) is 0. The molecule has 24 heavy (non-hydrogen) atoms. The quantitative estimate of drug-likeness (QED) is 0.584. The Morgan fingerprint density at radius 2 is 1.79 bits per heavy atom. The number of aliphatic hydroxyl groups is 1. The zero-order chi connectivity index (χ0) is 16.4. The molecule has 7 nitrogen and oxygen atoms in total. The molecule has 0 aromatic carbocycles. The third kappa shape index (κ3) is 3.90. The number of β-amino-alcohol motifs (C(OH)–C–C–N with tert-alkyl or cyclic N) is 1. The number of nitrogens with zero attached hydrogens (tertiary/aromatic N) is 1. The maximum Gasteiger partial charge on any atom is 0.233 e. The lowest BCUT2D eigenvalue weighted by Gasteiger charge is -2.19. The molecule has 1 aliphatic carbocycles. The van der Waals surface area contributed by atoms with Gasteiger partial charge in [0.15, 0.2) is 0 Å². The van der Waals surface area contributed by atoms with Crippen LogP contribution in [0.15, 0.2) is 0 Å². The molecule has 3 rings (SSSR count). The number of imide groups is 1. The fraction of sp³-hybridized carbons (Fsp3) is 0.812. The van der Waals surface area contributed by atoms with E-state index in [-0.39, 0.29) is 60.8 Å². The number of nitrogens with one attached hydrogen (secondary N) is 2. The Hall–Kier alpha value is -1.18. The van der Waals surface area contributed by atoms with E-state index in [0.717, 1.165) is 25.7 Å². The highest BCUT2D eigenvalue weighted by atomic mass is 35.5. The van der Waals surface area contributed by atoms with Gasteiger partial charge in [0.05, 0.1) is 17.9 Å². The third-order valence-corrected chi connectivity index (χ3v) is 5.36. The monoisotopic (exact) mass is 359 g/mol. The first kappa shape index (κ1) is 19.1. The van der Waals surface area contributed by atoms with Crippen molar-refractivity contribution in [3.63, 3.8) is 0 Å². The SMILES string of the molecule is Cl.O=C(CCN1C(=O)C2CCCCC2C1=O)NCC1CNCC1O. The number of carbonyl (C=O) groups excluding carboxylic acids is 3. The molecule has 3 aliphatic rings. The van der Waals surface area contributed by atoms with Gasteiger partial charge in [-0.2, -0.15) is 0 Å². The van der Waals surface area contributed by atoms with Crippen LogP contribution in [0.5, 0.6) is 0 Å². The molecule has 0 spiro atoms. The van der Waals surface area contributed by atoms with Crippen LogP contribution in [-0.2, 0) is 14.4 Å². The van der Waals surface area contributed by atoms with Crippen molar-refractivity contribution < 1.29 is 19.5 Å². The number of carbonyl (C=O) groups is 3. The topological polar surface area (TPSA) is 98.7 Å². The molecule has 0 bridgehead atoms. The summed E-state index contributed by atoms with van der Waals surface area (Å²) in [5, 5.41) is 15.5. The molecule has 0 aromatic rings. The lowest BCUT2D eigenvalue weighted by atomic mass is 9.81. The zero-order valence-electron chi connectivity index (χ0n) is 13.7. The maximum absolute atomic E-state index is 12.3. The van der Waals surface area contributed by atoms with E-state index in [1.165, 1.54) is 4.90 Å². The molecule has 136 valence electrons. The fourth-order valence-corrected chi connectivity index (χ4v) is 3.93. The van der Waals surface area contributed by atoms with Crippen molar-refractivity contribution in [3.8, 4) is 0 Å². The van der Waals surface area contributed by atoms with E-state index in [1.54, 1.807) is 0 Å². The van der Waals surface area contributed by atoms with Crippen molar-refractivity contribution in [1.82, 2.24) is 15.5 Å². The molecule has 3 fully saturated rings. The van der Waals surface area contributed by atoms with E-state index in [1.807, 2.05) is 0 Å². The smallest absolute Gasteiger partial charge is 0.233 e. The molecule has 2 heterocycles. The molecule has 8 heteroatoms. The molecule has 2 saturated heterocycles. The number of fused-ring (bicyclic) bond motifs is 1. The van der Waals surface area contributed by atoms with Gasteiger partial charge in [0.25, 0.3) is 0 Å². The van der Waals surface area contributed by atoms with E-state index >= 15 is 0 Å². The Labute approximate surface area is 147 Å². The second kappa shape index (κ2) is 8.27. The van der Waals surface area contributed by atoms with Crippen molar-refractivity contribution >= 4 is 30.1 Å². The van der Waals surface area contributed by atoms with Gasteiger partial charge in [-0.05, 0) is 12.8 Å². The molecule has 2 aliphatic heterocycles. The minimum Gasteiger partial charge on any atom is -0.391 e. The van der Waals surface area contributed by atoms with Gasteiger partial charge in [0.1, 0.15) is 0 Å². The van der Waals surface area contributed by atoms with E-state index in [2.05, 4.69) is 10.6 Å². The Bertz CT molecular complexity index is 478. The third-order valence-electron chi connectivity index (χ3n) is 5.36. The second-order valence-corrected chi connectivity index (χ2v) is 6.87. The number of aliphatic hydroxyl groups excluding tert-OH is 1. The highest BCUT2D eigenvalue weighted by Gasteiger charge is 2.47. The van der Waals surface area contributed by atoms with Crippen LogP contribution in [0.1, 0.15) is 32.1 Å². The van der Waals surface area contributed by atoms with E-state index in [4.69, 9.17) is 0 Å². The largest absolute Gasteiger partial charge is 0.391 e. The molecule has 3 amide bonds. The van der Waals surface area contributed by atoms with Gasteiger partial charge in [0, 0.05) is 38.5 Å². The van der Waals surface area contributed by atoms with Crippen LogP contribution in [0, 0.1) is 17.8 Å². The summed E-state index contributed by atoms with van der Waals surface area (Å²) in [5.74, 6) is -0.652. The van der Waals surface area contributed by atoms with Crippen LogP contribution < -0.4 is 10.6 Å². The van der Waals surface area contributed by atoms with Crippen molar-refractivity contribution in [2.45, 2.75) is 38.2 Å². The van der Waals surface area contributed by atoms with Gasteiger partial charge in [-0.1, -0.05) is 12.8 Å². The normalized spacial score (nSPS) is 32.5. The summed E-state index contributed by atoms with van der Waals surface area (Å²) in [6, 6.07) is 0. The van der Waals surface area contributed by atoms with E-state index < -0.39 is 6.10 Å². The molecule has 0 radical (unpaired) electrons. The predicted molar refractivity (Wildman–Crippen MR) is 89.4 cm³/mol. The Morgan fingerprint density at radius 1 is 1.17 bits per heavy atom. The van der Waals surface area contributed by atoms with Gasteiger partial charge in [-0.3, -0.25) is 19.3 Å². The highest BCUT2D eigenvalue weighted by molar-refractivity contribution is 6.05. The standard InChI is InChI=1S/C16H25N3O4.ClH/c20-13-9-17-7-10(13)8-18-14(21)5-6-19-15(22)11-3-1-2-4-12(11)16(19)23;/h10-13,17,20H,1-9H2,(H,18,21);1H. The fourth-order valence-electron chi connectivity index (χ4n) is 3.93. The van der Waals surface area contributed by atoms with Crippen molar-refractivity contribution in [3.05, 3.63) is 0 Å². The Morgan fingerprint density at radius 3 is 2.33 bits per heavy atom. The lowest BCUT2D eigenvalue weighted by molar-refractivity contribution is -0.140. The maximum atomic E-state index is 12.3. The van der Waals surface area contributed by atoms with Crippen LogP contribution in [0.2, 0.25) is 0 Å². The van der Waals surface area contributed by atoms with Crippen LogP contribution >= 0.6 is 12.4 Å². The first-order chi connectivity index (χ1) is 11.1. The molecular formula is C16H26ClN3O4. The van der Waals surface area contributed by atoms with Gasteiger partial charge in [-0.15, -0.1) is 12.4 Å². The van der Waals surface area contributed by atoms with E-state index in [0.29, 0.717) is 19.6 Å². The summed E-state index contributed by atoms with van der Waals surface area (Å²) in [5.41, 5.74) is 0. The number of hydrogen-bond donors (Lipinski definition) is 3. The summed E-state index contributed by atoms with van der Waals surface area (Å²) < 4.78 is 0. The molecule has 1 saturated carbocycles. The summed E-state index contributed by atoms with van der Waals surface area (Å²) >= 11 is 0. The minimum absolute atomic E-state index is 0. The lowest BCUT2D eigenvalue weighted by Crippen LogP contribution is -2.38. The molecule has 3 N–H and O–H groups in total. The van der Waals surface area contributed by atoms with Crippen LogP contribution in [-0.4, -0.2) is 60.0 Å². The van der Waals surface area contributed by atoms with Crippen molar-refractivity contribution in [2.75, 3.05) is 26.2 Å². The molecular weight excluding hydrogens is 334 g/mol. The highest BCUT2D eigenvalue weighted by Crippen LogP contribution is 2.37. The molecule has 0 aromatic heterocycles. The summed E-state index contributed by atoms with van der Waals surface area (Å²) in [6.07, 6.45) is 3.31. The average Bonchev–Trinajstić information content (AvgIpc) is 3.07. The molecule has 4 atom stereocenters. The number of rotatable bonds is 5. The molecule has 4 unspecified atom stereocenters. The van der Waals surface area contributed by atoms with Crippen molar-refractivity contribution in [1.29, 1.82) is 0 Å².